The van der Waals surface area contributed by atoms with Crippen molar-refractivity contribution in [3.05, 3.63) is 66.2 Å². The highest BCUT2D eigenvalue weighted by molar-refractivity contribution is 6.05. The molecule has 1 aliphatic rings. The standard InChI is InChI=1S/C25H25NO7/c1-29-19-11-10-15(12-18(19)27)22-24(33-17-8-6-5-7-9-17)25(28)26(22)16-13-20(30-2)23(32-4)21(14-16)31-3/h5-14,22,24,27H,1-4H3. The fourth-order valence-corrected chi connectivity index (χ4v) is 3.93. The molecule has 0 spiro atoms. The number of nitrogens with zero attached hydrogens (tertiary/aromatic N) is 1. The van der Waals surface area contributed by atoms with E-state index in [4.69, 9.17) is 23.7 Å². The number of para-hydroxylation sites is 1. The Hall–Kier alpha value is -4.07. The lowest BCUT2D eigenvalue weighted by atomic mass is 9.89. The lowest BCUT2D eigenvalue weighted by molar-refractivity contribution is -0.135. The second-order valence-corrected chi connectivity index (χ2v) is 7.32. The van der Waals surface area contributed by atoms with Crippen molar-refractivity contribution in [2.75, 3.05) is 33.3 Å². The first kappa shape index (κ1) is 22.1. The number of carbonyl (C=O) groups is 1. The third-order valence-electron chi connectivity index (χ3n) is 5.52. The molecule has 33 heavy (non-hydrogen) atoms. The van der Waals surface area contributed by atoms with E-state index in [0.29, 0.717) is 40.0 Å². The van der Waals surface area contributed by atoms with Crippen LogP contribution in [0.15, 0.2) is 60.7 Å². The van der Waals surface area contributed by atoms with Crippen LogP contribution in [0, 0.1) is 0 Å². The Balaban J connectivity index is 1.78. The lowest BCUT2D eigenvalue weighted by Gasteiger charge is -2.46. The van der Waals surface area contributed by atoms with Crippen molar-refractivity contribution in [1.29, 1.82) is 0 Å². The van der Waals surface area contributed by atoms with Crippen LogP contribution in [0.2, 0.25) is 0 Å². The van der Waals surface area contributed by atoms with Crippen LogP contribution >= 0.6 is 0 Å². The van der Waals surface area contributed by atoms with Crippen LogP contribution in [0.1, 0.15) is 11.6 Å². The number of anilines is 1. The predicted molar refractivity (Wildman–Crippen MR) is 122 cm³/mol. The first-order valence-corrected chi connectivity index (χ1v) is 10.2. The molecule has 0 bridgehead atoms. The molecule has 2 unspecified atom stereocenters. The zero-order chi connectivity index (χ0) is 23.5. The van der Waals surface area contributed by atoms with Crippen molar-refractivity contribution in [3.63, 3.8) is 0 Å². The first-order chi connectivity index (χ1) is 16.0. The molecule has 1 heterocycles. The third kappa shape index (κ3) is 3.95. The molecular weight excluding hydrogens is 426 g/mol. The third-order valence-corrected chi connectivity index (χ3v) is 5.52. The van der Waals surface area contributed by atoms with E-state index in [-0.39, 0.29) is 11.7 Å². The van der Waals surface area contributed by atoms with E-state index < -0.39 is 12.1 Å². The second kappa shape index (κ2) is 9.20. The van der Waals surface area contributed by atoms with Gasteiger partial charge in [0, 0.05) is 12.1 Å². The maximum Gasteiger partial charge on any atom is 0.271 e. The molecule has 3 aromatic carbocycles. The number of carbonyl (C=O) groups excluding carboxylic acids is 1. The number of β-lactam (4-membered cyclic amide) rings is 1. The summed E-state index contributed by atoms with van der Waals surface area (Å²) >= 11 is 0. The number of benzene rings is 3. The number of rotatable bonds is 8. The van der Waals surface area contributed by atoms with Crippen LogP contribution in [0.4, 0.5) is 5.69 Å². The van der Waals surface area contributed by atoms with E-state index >= 15 is 0 Å². The van der Waals surface area contributed by atoms with Crippen LogP contribution in [0.5, 0.6) is 34.5 Å². The molecule has 1 N–H and O–H groups in total. The summed E-state index contributed by atoms with van der Waals surface area (Å²) in [7, 11) is 6.02. The molecule has 1 amide bonds. The van der Waals surface area contributed by atoms with Gasteiger partial charge in [-0.15, -0.1) is 0 Å². The zero-order valence-corrected chi connectivity index (χ0v) is 18.8. The van der Waals surface area contributed by atoms with E-state index in [1.807, 2.05) is 18.2 Å². The number of phenolic OH excluding ortho intramolecular Hbond substituents is 1. The van der Waals surface area contributed by atoms with E-state index in [1.165, 1.54) is 28.4 Å². The molecule has 0 aliphatic carbocycles. The fraction of sp³-hybridized carbons (Fsp3) is 0.240. The Bertz CT molecular complexity index is 1120. The molecule has 4 rings (SSSR count). The van der Waals surface area contributed by atoms with Gasteiger partial charge in [-0.1, -0.05) is 24.3 Å². The SMILES string of the molecule is COc1ccc(C2C(Oc3ccccc3)C(=O)N2c2cc(OC)c(OC)c(OC)c2)cc1O. The fourth-order valence-electron chi connectivity index (χ4n) is 3.93. The van der Waals surface area contributed by atoms with Crippen molar-refractivity contribution >= 4 is 11.6 Å². The number of amides is 1. The number of aromatic hydroxyl groups is 1. The molecule has 8 heteroatoms. The molecule has 0 radical (unpaired) electrons. The quantitative estimate of drug-likeness (QED) is 0.519. The van der Waals surface area contributed by atoms with Gasteiger partial charge in [0.25, 0.3) is 5.91 Å². The molecule has 1 fully saturated rings. The van der Waals surface area contributed by atoms with Gasteiger partial charge in [-0.05, 0) is 29.8 Å². The summed E-state index contributed by atoms with van der Waals surface area (Å²) in [6, 6.07) is 17.0. The van der Waals surface area contributed by atoms with Gasteiger partial charge in [-0.3, -0.25) is 9.69 Å². The molecule has 2 atom stereocenters. The van der Waals surface area contributed by atoms with Gasteiger partial charge in [0.2, 0.25) is 11.9 Å². The average molecular weight is 451 g/mol. The Morgan fingerprint density at radius 1 is 0.788 bits per heavy atom. The largest absolute Gasteiger partial charge is 0.504 e. The van der Waals surface area contributed by atoms with E-state index in [2.05, 4.69) is 0 Å². The molecule has 0 saturated carbocycles. The minimum Gasteiger partial charge on any atom is -0.504 e. The Kier molecular flexibility index (Phi) is 6.17. The van der Waals surface area contributed by atoms with Gasteiger partial charge in [0.15, 0.2) is 23.0 Å². The summed E-state index contributed by atoms with van der Waals surface area (Å²) in [5.74, 6) is 1.90. The summed E-state index contributed by atoms with van der Waals surface area (Å²) in [4.78, 5) is 14.9. The van der Waals surface area contributed by atoms with Crippen LogP contribution in [0.25, 0.3) is 0 Å². The summed E-state index contributed by atoms with van der Waals surface area (Å²) < 4.78 is 27.5. The normalized spacial score (nSPS) is 17.2. The highest BCUT2D eigenvalue weighted by Gasteiger charge is 2.51. The molecule has 1 aliphatic heterocycles. The molecule has 8 nitrogen and oxygen atoms in total. The minimum atomic E-state index is -0.792. The first-order valence-electron chi connectivity index (χ1n) is 10.2. The van der Waals surface area contributed by atoms with Crippen LogP contribution in [0.3, 0.4) is 0 Å². The molecule has 172 valence electrons. The highest BCUT2D eigenvalue weighted by Crippen LogP contribution is 2.48. The van der Waals surface area contributed by atoms with Gasteiger partial charge in [0.05, 0.1) is 34.1 Å². The zero-order valence-electron chi connectivity index (χ0n) is 18.8. The number of hydrogen-bond acceptors (Lipinski definition) is 7. The second-order valence-electron chi connectivity index (χ2n) is 7.32. The average Bonchev–Trinajstić information content (AvgIpc) is 2.85. The number of hydrogen-bond donors (Lipinski definition) is 1. The van der Waals surface area contributed by atoms with Gasteiger partial charge < -0.3 is 28.8 Å². The van der Waals surface area contributed by atoms with E-state index in [9.17, 15) is 9.90 Å². The van der Waals surface area contributed by atoms with Crippen LogP contribution in [-0.2, 0) is 4.79 Å². The van der Waals surface area contributed by atoms with Crippen molar-refractivity contribution < 1.29 is 33.6 Å². The number of methoxy groups -OCH3 is 4. The molecule has 0 aromatic heterocycles. The lowest BCUT2D eigenvalue weighted by Crippen LogP contribution is -2.61. The Morgan fingerprint density at radius 2 is 1.42 bits per heavy atom. The van der Waals surface area contributed by atoms with E-state index in [0.717, 1.165) is 0 Å². The Labute approximate surface area is 191 Å². The predicted octanol–water partition coefficient (Wildman–Crippen LogP) is 3.96. The summed E-state index contributed by atoms with van der Waals surface area (Å²) in [6.45, 7) is 0. The molecular formula is C25H25NO7. The maximum atomic E-state index is 13.3. The summed E-state index contributed by atoms with van der Waals surface area (Å²) in [6.07, 6.45) is -0.792. The molecule has 1 saturated heterocycles. The molecule has 3 aromatic rings. The van der Waals surface area contributed by atoms with Crippen LogP contribution in [-0.4, -0.2) is 45.6 Å². The highest BCUT2D eigenvalue weighted by atomic mass is 16.5. The number of ether oxygens (including phenoxy) is 5. The smallest absolute Gasteiger partial charge is 0.271 e. The summed E-state index contributed by atoms with van der Waals surface area (Å²) in [5.41, 5.74) is 1.23. The summed E-state index contributed by atoms with van der Waals surface area (Å²) in [5, 5.41) is 10.4. The van der Waals surface area contributed by atoms with Gasteiger partial charge in [0.1, 0.15) is 11.8 Å². The van der Waals surface area contributed by atoms with Gasteiger partial charge >= 0.3 is 0 Å². The maximum absolute atomic E-state index is 13.3. The van der Waals surface area contributed by atoms with E-state index in [1.54, 1.807) is 47.4 Å². The van der Waals surface area contributed by atoms with Gasteiger partial charge in [-0.2, -0.15) is 0 Å². The van der Waals surface area contributed by atoms with Crippen molar-refractivity contribution in [3.8, 4) is 34.5 Å². The van der Waals surface area contributed by atoms with Crippen molar-refractivity contribution in [2.24, 2.45) is 0 Å². The minimum absolute atomic E-state index is 0.0300. The van der Waals surface area contributed by atoms with Gasteiger partial charge in [-0.25, -0.2) is 0 Å². The van der Waals surface area contributed by atoms with Crippen LogP contribution < -0.4 is 28.6 Å². The number of phenols is 1. The monoisotopic (exact) mass is 451 g/mol. The van der Waals surface area contributed by atoms with Crippen molar-refractivity contribution in [2.45, 2.75) is 12.1 Å². The Morgan fingerprint density at radius 3 is 1.97 bits per heavy atom. The van der Waals surface area contributed by atoms with Crippen molar-refractivity contribution in [1.82, 2.24) is 0 Å². The topological polar surface area (TPSA) is 86.7 Å².